The van der Waals surface area contributed by atoms with Gasteiger partial charge >= 0.3 is 0 Å². The quantitative estimate of drug-likeness (QED) is 0.914. The monoisotopic (exact) mass is 268 g/mol. The van der Waals surface area contributed by atoms with E-state index >= 15 is 0 Å². The third-order valence-electron chi connectivity index (χ3n) is 3.35. The Morgan fingerprint density at radius 3 is 2.70 bits per heavy atom. The van der Waals surface area contributed by atoms with Crippen LogP contribution in [0.1, 0.15) is 35.2 Å². The smallest absolute Gasteiger partial charge is 0.124 e. The van der Waals surface area contributed by atoms with Crippen molar-refractivity contribution in [2.75, 3.05) is 0 Å². The van der Waals surface area contributed by atoms with E-state index in [4.69, 9.17) is 5.26 Å². The van der Waals surface area contributed by atoms with Crippen molar-refractivity contribution >= 4 is 0 Å². The first-order valence-electron chi connectivity index (χ1n) is 6.58. The van der Waals surface area contributed by atoms with Crippen LogP contribution < -0.4 is 5.32 Å². The molecule has 2 nitrogen and oxygen atoms in total. The van der Waals surface area contributed by atoms with Crippen LogP contribution in [0.2, 0.25) is 0 Å². The lowest BCUT2D eigenvalue weighted by atomic mass is 10.0. The average molecular weight is 268 g/mol. The van der Waals surface area contributed by atoms with Crippen LogP contribution in [0.15, 0.2) is 42.5 Å². The zero-order valence-corrected chi connectivity index (χ0v) is 11.7. The second-order valence-electron chi connectivity index (χ2n) is 4.92. The molecule has 20 heavy (non-hydrogen) atoms. The zero-order chi connectivity index (χ0) is 14.5. The predicted molar refractivity (Wildman–Crippen MR) is 77.5 cm³/mol. The Morgan fingerprint density at radius 2 is 2.00 bits per heavy atom. The Bertz CT molecular complexity index is 644. The van der Waals surface area contributed by atoms with Crippen molar-refractivity contribution in [3.05, 3.63) is 70.5 Å². The number of nitrogens with one attached hydrogen (secondary N) is 1. The summed E-state index contributed by atoms with van der Waals surface area (Å²) < 4.78 is 13.3. The zero-order valence-electron chi connectivity index (χ0n) is 11.7. The molecular weight excluding hydrogens is 251 g/mol. The van der Waals surface area contributed by atoms with Gasteiger partial charge in [0.15, 0.2) is 0 Å². The molecule has 2 aromatic carbocycles. The molecule has 0 aliphatic heterocycles. The number of hydrogen-bond donors (Lipinski definition) is 1. The molecule has 0 saturated carbocycles. The fraction of sp³-hybridized carbons (Fsp3) is 0.235. The summed E-state index contributed by atoms with van der Waals surface area (Å²) in [4.78, 5) is 0. The highest BCUT2D eigenvalue weighted by Crippen LogP contribution is 2.17. The van der Waals surface area contributed by atoms with Gasteiger partial charge in [-0.15, -0.1) is 0 Å². The second kappa shape index (κ2) is 6.31. The molecule has 1 atom stereocenters. The normalized spacial score (nSPS) is 11.9. The molecule has 102 valence electrons. The summed E-state index contributed by atoms with van der Waals surface area (Å²) in [5.41, 5.74) is 3.58. The number of nitrogens with zero attached hydrogens (tertiary/aromatic N) is 1. The van der Waals surface area contributed by atoms with Crippen molar-refractivity contribution in [3.63, 3.8) is 0 Å². The Hall–Kier alpha value is -2.18. The summed E-state index contributed by atoms with van der Waals surface area (Å²) >= 11 is 0. The molecule has 2 aromatic rings. The Labute approximate surface area is 118 Å². The van der Waals surface area contributed by atoms with E-state index in [2.05, 4.69) is 31.3 Å². The maximum Gasteiger partial charge on any atom is 0.124 e. The lowest BCUT2D eigenvalue weighted by Crippen LogP contribution is -2.19. The minimum atomic E-state index is -0.371. The fourth-order valence-corrected chi connectivity index (χ4v) is 2.27. The van der Waals surface area contributed by atoms with Crippen LogP contribution in [-0.4, -0.2) is 0 Å². The van der Waals surface area contributed by atoms with E-state index in [1.807, 2.05) is 18.2 Å². The number of rotatable bonds is 4. The van der Waals surface area contributed by atoms with Crippen LogP contribution >= 0.6 is 0 Å². The Morgan fingerprint density at radius 1 is 1.25 bits per heavy atom. The van der Waals surface area contributed by atoms with E-state index < -0.39 is 0 Å². The van der Waals surface area contributed by atoms with Crippen molar-refractivity contribution in [3.8, 4) is 6.07 Å². The maximum absolute atomic E-state index is 13.3. The standard InChI is InChI=1S/C17H17FN2/c1-12-5-3-4-6-17(12)13(2)20-11-15-7-14(10-19)8-16(18)9-15/h3-9,13,20H,11H2,1-2H3/t13-/m0/s1. The summed E-state index contributed by atoms with van der Waals surface area (Å²) in [5.74, 6) is -0.371. The number of hydrogen-bond acceptors (Lipinski definition) is 2. The predicted octanol–water partition coefficient (Wildman–Crippen LogP) is 3.86. The van der Waals surface area contributed by atoms with Crippen molar-refractivity contribution < 1.29 is 4.39 Å². The fourth-order valence-electron chi connectivity index (χ4n) is 2.27. The average Bonchev–Trinajstić information content (AvgIpc) is 2.44. The van der Waals surface area contributed by atoms with E-state index in [0.717, 1.165) is 5.56 Å². The summed E-state index contributed by atoms with van der Waals surface area (Å²) in [5, 5.41) is 12.2. The van der Waals surface area contributed by atoms with E-state index in [0.29, 0.717) is 12.1 Å². The van der Waals surface area contributed by atoms with E-state index in [-0.39, 0.29) is 11.9 Å². The van der Waals surface area contributed by atoms with Gasteiger partial charge in [0.1, 0.15) is 5.82 Å². The summed E-state index contributed by atoms with van der Waals surface area (Å²) in [6.45, 7) is 4.68. The highest BCUT2D eigenvalue weighted by Gasteiger charge is 2.08. The van der Waals surface area contributed by atoms with Crippen LogP contribution in [0.3, 0.4) is 0 Å². The van der Waals surface area contributed by atoms with Crippen molar-refractivity contribution in [2.24, 2.45) is 0 Å². The van der Waals surface area contributed by atoms with Gasteiger partial charge in [-0.3, -0.25) is 0 Å². The molecule has 0 aliphatic rings. The summed E-state index contributed by atoms with van der Waals surface area (Å²) in [6.07, 6.45) is 0. The topological polar surface area (TPSA) is 35.8 Å². The molecule has 2 rings (SSSR count). The first-order valence-corrected chi connectivity index (χ1v) is 6.58. The van der Waals surface area contributed by atoms with Gasteiger partial charge in [0.2, 0.25) is 0 Å². The molecule has 0 spiro atoms. The van der Waals surface area contributed by atoms with Crippen LogP contribution in [0.25, 0.3) is 0 Å². The lowest BCUT2D eigenvalue weighted by molar-refractivity contribution is 0.567. The van der Waals surface area contributed by atoms with Gasteiger partial charge in [-0.2, -0.15) is 5.26 Å². The number of nitriles is 1. The second-order valence-corrected chi connectivity index (χ2v) is 4.92. The lowest BCUT2D eigenvalue weighted by Gasteiger charge is -2.16. The number of benzene rings is 2. The highest BCUT2D eigenvalue weighted by molar-refractivity contribution is 5.34. The SMILES string of the molecule is Cc1ccccc1[C@H](C)NCc1cc(F)cc(C#N)c1. The number of aryl methyl sites for hydroxylation is 1. The number of halogens is 1. The largest absolute Gasteiger partial charge is 0.306 e. The van der Waals surface area contributed by atoms with Crippen LogP contribution in [0, 0.1) is 24.1 Å². The third kappa shape index (κ3) is 3.43. The molecule has 0 aliphatic carbocycles. The summed E-state index contributed by atoms with van der Waals surface area (Å²) in [6, 6.07) is 14.7. The van der Waals surface area contributed by atoms with Gasteiger partial charge in [0.25, 0.3) is 0 Å². The first-order chi connectivity index (χ1) is 9.60. The molecular formula is C17H17FN2. The van der Waals surface area contributed by atoms with Gasteiger partial charge in [-0.1, -0.05) is 24.3 Å². The first kappa shape index (κ1) is 14.2. The Balaban J connectivity index is 2.08. The molecule has 0 bridgehead atoms. The van der Waals surface area contributed by atoms with E-state index in [9.17, 15) is 4.39 Å². The molecule has 0 fully saturated rings. The molecule has 0 aromatic heterocycles. The van der Waals surface area contributed by atoms with Gasteiger partial charge in [-0.25, -0.2) is 4.39 Å². The van der Waals surface area contributed by atoms with Gasteiger partial charge in [0, 0.05) is 12.6 Å². The molecule has 3 heteroatoms. The minimum absolute atomic E-state index is 0.171. The van der Waals surface area contributed by atoms with Gasteiger partial charge < -0.3 is 5.32 Å². The molecule has 0 unspecified atom stereocenters. The Kier molecular flexibility index (Phi) is 4.49. The van der Waals surface area contributed by atoms with Crippen molar-refractivity contribution in [1.82, 2.24) is 5.32 Å². The van der Waals surface area contributed by atoms with Gasteiger partial charge in [0.05, 0.1) is 11.6 Å². The van der Waals surface area contributed by atoms with Crippen molar-refractivity contribution in [1.29, 1.82) is 5.26 Å². The molecule has 0 amide bonds. The van der Waals surface area contributed by atoms with Gasteiger partial charge in [-0.05, 0) is 48.7 Å². The highest BCUT2D eigenvalue weighted by atomic mass is 19.1. The summed E-state index contributed by atoms with van der Waals surface area (Å²) in [7, 11) is 0. The molecule has 0 heterocycles. The van der Waals surface area contributed by atoms with Crippen LogP contribution in [0.4, 0.5) is 4.39 Å². The van der Waals surface area contributed by atoms with E-state index in [1.165, 1.54) is 23.3 Å². The van der Waals surface area contributed by atoms with Crippen LogP contribution in [0.5, 0.6) is 0 Å². The molecule has 1 N–H and O–H groups in total. The minimum Gasteiger partial charge on any atom is -0.306 e. The van der Waals surface area contributed by atoms with E-state index in [1.54, 1.807) is 6.07 Å². The van der Waals surface area contributed by atoms with Crippen LogP contribution in [-0.2, 0) is 6.54 Å². The third-order valence-corrected chi connectivity index (χ3v) is 3.35. The van der Waals surface area contributed by atoms with Crippen molar-refractivity contribution in [2.45, 2.75) is 26.4 Å². The maximum atomic E-state index is 13.3. The molecule has 0 radical (unpaired) electrons. The molecule has 0 saturated heterocycles.